The van der Waals surface area contributed by atoms with Crippen LogP contribution >= 0.6 is 15.9 Å². The molecule has 148 valence electrons. The molecule has 2 aromatic carbocycles. The maximum Gasteiger partial charge on any atom is 0.243 e. The summed E-state index contributed by atoms with van der Waals surface area (Å²) in [7, 11) is -3.61. The van der Waals surface area contributed by atoms with E-state index in [1.54, 1.807) is 0 Å². The fourth-order valence-corrected chi connectivity index (χ4v) is 5.63. The third kappa shape index (κ3) is 3.81. The first-order valence-corrected chi connectivity index (χ1v) is 11.5. The first kappa shape index (κ1) is 19.4. The molecule has 0 radical (unpaired) electrons. The number of nitrogens with zero attached hydrogens (tertiary/aromatic N) is 1. The number of aromatic hydroxyl groups is 1. The monoisotopic (exact) mass is 464 g/mol. The van der Waals surface area contributed by atoms with Gasteiger partial charge in [-0.25, -0.2) is 8.42 Å². The quantitative estimate of drug-likeness (QED) is 0.660. The SMILES string of the molecule is O=C(Nc1cc(S(=O)(=O)N2CCCC2)ccc1O)C1CC1c1cccc(Br)c1. The van der Waals surface area contributed by atoms with Crippen LogP contribution in [0.2, 0.25) is 0 Å². The normalized spacial score (nSPS) is 22.2. The van der Waals surface area contributed by atoms with Gasteiger partial charge in [0, 0.05) is 23.5 Å². The summed E-state index contributed by atoms with van der Waals surface area (Å²) in [5.41, 5.74) is 1.22. The van der Waals surface area contributed by atoms with E-state index in [-0.39, 0.29) is 34.1 Å². The van der Waals surface area contributed by atoms with E-state index in [9.17, 15) is 18.3 Å². The second-order valence-electron chi connectivity index (χ2n) is 7.28. The molecule has 4 rings (SSSR count). The number of nitrogens with one attached hydrogen (secondary N) is 1. The van der Waals surface area contributed by atoms with E-state index in [0.29, 0.717) is 13.1 Å². The van der Waals surface area contributed by atoms with Gasteiger partial charge in [-0.15, -0.1) is 0 Å². The highest BCUT2D eigenvalue weighted by Gasteiger charge is 2.44. The summed E-state index contributed by atoms with van der Waals surface area (Å²) in [5.74, 6) is -0.409. The van der Waals surface area contributed by atoms with Gasteiger partial charge in [0.1, 0.15) is 5.75 Å². The summed E-state index contributed by atoms with van der Waals surface area (Å²) in [6, 6.07) is 11.9. The molecule has 1 saturated heterocycles. The zero-order chi connectivity index (χ0) is 19.9. The van der Waals surface area contributed by atoms with Crippen LogP contribution in [0.3, 0.4) is 0 Å². The number of anilines is 1. The summed E-state index contributed by atoms with van der Waals surface area (Å²) in [5, 5.41) is 12.8. The maximum atomic E-state index is 12.7. The summed E-state index contributed by atoms with van der Waals surface area (Å²) in [6.45, 7) is 1.00. The number of halogens is 1. The summed E-state index contributed by atoms with van der Waals surface area (Å²) in [6.07, 6.45) is 2.42. The average Bonchev–Trinajstić information content (AvgIpc) is 3.27. The molecular weight excluding hydrogens is 444 g/mol. The molecule has 0 aromatic heterocycles. The molecule has 1 aliphatic heterocycles. The van der Waals surface area contributed by atoms with E-state index in [1.807, 2.05) is 24.3 Å². The Hall–Kier alpha value is -1.90. The predicted octanol–water partition coefficient (Wildman–Crippen LogP) is 3.68. The van der Waals surface area contributed by atoms with E-state index in [2.05, 4.69) is 21.2 Å². The Balaban J connectivity index is 1.50. The minimum Gasteiger partial charge on any atom is -0.506 e. The molecule has 2 atom stereocenters. The Morgan fingerprint density at radius 3 is 2.61 bits per heavy atom. The molecule has 1 aliphatic carbocycles. The smallest absolute Gasteiger partial charge is 0.243 e. The number of carbonyl (C=O) groups is 1. The molecule has 28 heavy (non-hydrogen) atoms. The van der Waals surface area contributed by atoms with Gasteiger partial charge in [0.2, 0.25) is 15.9 Å². The summed E-state index contributed by atoms with van der Waals surface area (Å²) < 4.78 is 27.9. The standard InChI is InChI=1S/C20H21BrN2O4S/c21-14-5-3-4-13(10-14)16-12-17(16)20(25)22-18-11-15(6-7-19(18)24)28(26,27)23-8-1-2-9-23/h3-7,10-11,16-17,24H,1-2,8-9,12H2,(H,22,25). The highest BCUT2D eigenvalue weighted by atomic mass is 79.9. The van der Waals surface area contributed by atoms with Crippen LogP contribution in [0.5, 0.6) is 5.75 Å². The Kier molecular flexibility index (Phi) is 5.20. The number of benzene rings is 2. The molecule has 1 heterocycles. The van der Waals surface area contributed by atoms with Crippen molar-refractivity contribution in [2.45, 2.75) is 30.1 Å². The molecule has 6 nitrogen and oxygen atoms in total. The third-order valence-corrected chi connectivity index (χ3v) is 7.72. The number of hydrogen-bond donors (Lipinski definition) is 2. The zero-order valence-electron chi connectivity index (χ0n) is 15.1. The first-order valence-electron chi connectivity index (χ1n) is 9.26. The van der Waals surface area contributed by atoms with Crippen molar-refractivity contribution in [3.63, 3.8) is 0 Å². The van der Waals surface area contributed by atoms with Crippen LogP contribution in [-0.2, 0) is 14.8 Å². The number of hydrogen-bond acceptors (Lipinski definition) is 4. The van der Waals surface area contributed by atoms with E-state index in [1.165, 1.54) is 22.5 Å². The third-order valence-electron chi connectivity index (χ3n) is 5.33. The van der Waals surface area contributed by atoms with Crippen LogP contribution in [0.15, 0.2) is 51.8 Å². The van der Waals surface area contributed by atoms with Crippen molar-refractivity contribution in [1.82, 2.24) is 4.31 Å². The van der Waals surface area contributed by atoms with Gasteiger partial charge in [-0.1, -0.05) is 28.1 Å². The molecule has 1 amide bonds. The minimum absolute atomic E-state index is 0.0850. The number of phenols is 1. The highest BCUT2D eigenvalue weighted by Crippen LogP contribution is 2.48. The molecule has 1 saturated carbocycles. The molecule has 8 heteroatoms. The van der Waals surface area contributed by atoms with Gasteiger partial charge in [0.05, 0.1) is 10.6 Å². The maximum absolute atomic E-state index is 12.7. The number of amides is 1. The molecule has 2 aromatic rings. The van der Waals surface area contributed by atoms with Crippen LogP contribution in [0.4, 0.5) is 5.69 Å². The van der Waals surface area contributed by atoms with Crippen molar-refractivity contribution in [1.29, 1.82) is 0 Å². The molecule has 2 aliphatic rings. The lowest BCUT2D eigenvalue weighted by Crippen LogP contribution is -2.28. The second kappa shape index (κ2) is 7.50. The molecule has 2 fully saturated rings. The largest absolute Gasteiger partial charge is 0.506 e. The van der Waals surface area contributed by atoms with Crippen molar-refractivity contribution in [2.75, 3.05) is 18.4 Å². The Bertz CT molecular complexity index is 1020. The summed E-state index contributed by atoms with van der Waals surface area (Å²) >= 11 is 3.44. The minimum atomic E-state index is -3.61. The van der Waals surface area contributed by atoms with Crippen LogP contribution in [-0.4, -0.2) is 36.8 Å². The lowest BCUT2D eigenvalue weighted by molar-refractivity contribution is -0.117. The molecule has 0 bridgehead atoms. The van der Waals surface area contributed by atoms with E-state index >= 15 is 0 Å². The second-order valence-corrected chi connectivity index (χ2v) is 10.1. The van der Waals surface area contributed by atoms with Crippen LogP contribution in [0.25, 0.3) is 0 Å². The van der Waals surface area contributed by atoms with E-state index in [4.69, 9.17) is 0 Å². The van der Waals surface area contributed by atoms with Crippen molar-refractivity contribution in [3.8, 4) is 5.75 Å². The van der Waals surface area contributed by atoms with Crippen molar-refractivity contribution in [2.24, 2.45) is 5.92 Å². The van der Waals surface area contributed by atoms with Gasteiger partial charge in [0.25, 0.3) is 0 Å². The Morgan fingerprint density at radius 1 is 1.14 bits per heavy atom. The van der Waals surface area contributed by atoms with E-state index < -0.39 is 10.0 Å². The van der Waals surface area contributed by atoms with Crippen LogP contribution in [0, 0.1) is 5.92 Å². The molecular formula is C20H21BrN2O4S. The lowest BCUT2D eigenvalue weighted by atomic mass is 10.1. The molecule has 2 unspecified atom stereocenters. The zero-order valence-corrected chi connectivity index (χ0v) is 17.5. The number of sulfonamides is 1. The van der Waals surface area contributed by atoms with Gasteiger partial charge >= 0.3 is 0 Å². The van der Waals surface area contributed by atoms with Crippen molar-refractivity contribution < 1.29 is 18.3 Å². The van der Waals surface area contributed by atoms with Crippen LogP contribution in [0.1, 0.15) is 30.7 Å². The van der Waals surface area contributed by atoms with Gasteiger partial charge in [-0.3, -0.25) is 4.79 Å². The molecule has 2 N–H and O–H groups in total. The van der Waals surface area contributed by atoms with E-state index in [0.717, 1.165) is 29.3 Å². The predicted molar refractivity (Wildman–Crippen MR) is 110 cm³/mol. The summed E-state index contributed by atoms with van der Waals surface area (Å²) in [4.78, 5) is 12.7. The fourth-order valence-electron chi connectivity index (χ4n) is 3.67. The van der Waals surface area contributed by atoms with Crippen molar-refractivity contribution >= 4 is 37.5 Å². The Morgan fingerprint density at radius 2 is 1.89 bits per heavy atom. The van der Waals surface area contributed by atoms with Gasteiger partial charge in [0.15, 0.2) is 0 Å². The highest BCUT2D eigenvalue weighted by molar-refractivity contribution is 9.10. The number of carbonyl (C=O) groups excluding carboxylic acids is 1. The molecule has 0 spiro atoms. The van der Waals surface area contributed by atoms with Gasteiger partial charge < -0.3 is 10.4 Å². The number of phenolic OH excluding ortho intramolecular Hbond substituents is 1. The number of rotatable bonds is 5. The topological polar surface area (TPSA) is 86.7 Å². The van der Waals surface area contributed by atoms with Crippen LogP contribution < -0.4 is 5.32 Å². The van der Waals surface area contributed by atoms with Crippen molar-refractivity contribution in [3.05, 3.63) is 52.5 Å². The lowest BCUT2D eigenvalue weighted by Gasteiger charge is -2.16. The first-order chi connectivity index (χ1) is 13.4. The van der Waals surface area contributed by atoms with Gasteiger partial charge in [-0.05, 0) is 61.1 Å². The Labute approximate surface area is 172 Å². The van der Waals surface area contributed by atoms with Gasteiger partial charge in [-0.2, -0.15) is 4.31 Å². The average molecular weight is 465 g/mol. The fraction of sp³-hybridized carbons (Fsp3) is 0.350.